The van der Waals surface area contributed by atoms with Gasteiger partial charge in [-0.1, -0.05) is 74.7 Å². The van der Waals surface area contributed by atoms with Crippen molar-refractivity contribution in [1.82, 2.24) is 15.0 Å². The van der Waals surface area contributed by atoms with Crippen LogP contribution in [-0.4, -0.2) is 52.4 Å². The summed E-state index contributed by atoms with van der Waals surface area (Å²) in [5, 5.41) is 4.19. The summed E-state index contributed by atoms with van der Waals surface area (Å²) in [6, 6.07) is 5.81. The highest BCUT2D eigenvalue weighted by molar-refractivity contribution is 5.97. The second-order valence-corrected chi connectivity index (χ2v) is 12.5. The van der Waals surface area contributed by atoms with Crippen LogP contribution in [0.5, 0.6) is 0 Å². The highest BCUT2D eigenvalue weighted by Gasteiger charge is 2.26. The number of allylic oxidation sites excluding steroid dienone is 5. The number of hydrogen-bond donors (Lipinski definition) is 0. The number of rotatable bonds is 10. The van der Waals surface area contributed by atoms with E-state index in [0.29, 0.717) is 54.9 Å². The number of aromatic nitrogens is 2. The summed E-state index contributed by atoms with van der Waals surface area (Å²) < 4.78 is 16.7. The molecule has 1 saturated carbocycles. The number of nitrogens with zero attached hydrogens (tertiary/aromatic N) is 3. The number of ether oxygens (including phenoxy) is 2. The van der Waals surface area contributed by atoms with Crippen LogP contribution >= 0.6 is 0 Å². The first-order valence-corrected chi connectivity index (χ1v) is 16.0. The van der Waals surface area contributed by atoms with Crippen molar-refractivity contribution in [3.8, 4) is 0 Å². The van der Waals surface area contributed by atoms with E-state index in [4.69, 9.17) is 14.0 Å². The van der Waals surface area contributed by atoms with Crippen LogP contribution in [0.15, 0.2) is 53.6 Å². The van der Waals surface area contributed by atoms with E-state index >= 15 is 0 Å². The molecule has 4 rings (SSSR count). The maximum Gasteiger partial charge on any atom is 0.410 e. The van der Waals surface area contributed by atoms with Crippen molar-refractivity contribution in [2.45, 2.75) is 97.5 Å². The van der Waals surface area contributed by atoms with Crippen molar-refractivity contribution in [3.05, 3.63) is 77.5 Å². The minimum Gasteiger partial charge on any atom is -0.462 e. The van der Waals surface area contributed by atoms with E-state index in [-0.39, 0.29) is 12.1 Å². The van der Waals surface area contributed by atoms with Crippen molar-refractivity contribution in [1.29, 1.82) is 0 Å². The number of benzene rings is 1. The Labute approximate surface area is 261 Å². The zero-order chi connectivity index (χ0) is 31.7. The predicted octanol–water partition coefficient (Wildman–Crippen LogP) is 8.77. The molecule has 0 saturated heterocycles. The van der Waals surface area contributed by atoms with E-state index in [1.807, 2.05) is 70.2 Å². The smallest absolute Gasteiger partial charge is 0.410 e. The maximum absolute atomic E-state index is 13.2. The molecule has 0 N–H and O–H groups in total. The molecule has 0 spiro atoms. The molecule has 2 heterocycles. The fourth-order valence-electron chi connectivity index (χ4n) is 5.47. The van der Waals surface area contributed by atoms with Crippen LogP contribution in [0.3, 0.4) is 0 Å². The first kappa shape index (κ1) is 33.0. The molecule has 1 fully saturated rings. The van der Waals surface area contributed by atoms with Crippen LogP contribution < -0.4 is 0 Å². The molecule has 2 aromatic rings. The molecule has 2 aliphatic rings. The van der Waals surface area contributed by atoms with Gasteiger partial charge in [0.1, 0.15) is 5.60 Å². The van der Waals surface area contributed by atoms with E-state index in [0.717, 1.165) is 48.0 Å². The fraction of sp³-hybridized carbons (Fsp3) is 0.500. The van der Waals surface area contributed by atoms with Gasteiger partial charge in [-0.15, -0.1) is 0 Å². The molecular weight excluding hydrogens is 554 g/mol. The summed E-state index contributed by atoms with van der Waals surface area (Å²) >= 11 is 0. The molecule has 44 heavy (non-hydrogen) atoms. The van der Waals surface area contributed by atoms with Crippen molar-refractivity contribution in [3.63, 3.8) is 0 Å². The Bertz CT molecular complexity index is 1420. The molecule has 0 radical (unpaired) electrons. The molecule has 1 aliphatic heterocycles. The third kappa shape index (κ3) is 8.80. The first-order valence-electron chi connectivity index (χ1n) is 16.0. The average Bonchev–Trinajstić information content (AvgIpc) is 3.52. The highest BCUT2D eigenvalue weighted by atomic mass is 16.6. The van der Waals surface area contributed by atoms with Crippen molar-refractivity contribution in [2.24, 2.45) is 0 Å². The van der Waals surface area contributed by atoms with Crippen LogP contribution in [0.1, 0.15) is 125 Å². The van der Waals surface area contributed by atoms with Gasteiger partial charge in [-0.3, -0.25) is 0 Å². The van der Waals surface area contributed by atoms with Gasteiger partial charge in [-0.2, -0.15) is 4.98 Å². The molecule has 8 nitrogen and oxygen atoms in total. The van der Waals surface area contributed by atoms with Crippen LogP contribution in [0, 0.1) is 0 Å². The standard InChI is InChI=1S/C36H47N3O5/c1-7-9-23-42-34(40)30-18-17-29(24-31(30)27-19-21-39(22-20-27)35(41)43-36(4,5)6)26(8-2)16-15-25(3)32-37-33(44-38-32)28-13-11-10-12-14-28/h8,15-19,24,28H,3,7,9-14,20-23H2,1-2,4-6H3/b16-15-,26-8+. The largest absolute Gasteiger partial charge is 0.462 e. The summed E-state index contributed by atoms with van der Waals surface area (Å²) in [5.41, 5.74) is 4.35. The topological polar surface area (TPSA) is 94.8 Å². The van der Waals surface area contributed by atoms with Crippen LogP contribution in [0.2, 0.25) is 0 Å². The molecule has 1 aromatic carbocycles. The minimum atomic E-state index is -0.562. The zero-order valence-electron chi connectivity index (χ0n) is 27.0. The van der Waals surface area contributed by atoms with Gasteiger partial charge in [0, 0.05) is 24.6 Å². The molecule has 1 amide bonds. The Balaban J connectivity index is 1.55. The number of hydrogen-bond acceptors (Lipinski definition) is 7. The monoisotopic (exact) mass is 601 g/mol. The second kappa shape index (κ2) is 15.2. The van der Waals surface area contributed by atoms with Crippen LogP contribution in [-0.2, 0) is 9.47 Å². The lowest BCUT2D eigenvalue weighted by Gasteiger charge is -2.30. The molecule has 1 aliphatic carbocycles. The highest BCUT2D eigenvalue weighted by Crippen LogP contribution is 2.33. The SMILES string of the molecule is C=C(/C=C\C(=C/C)c1ccc(C(=O)OCCCC)c(C2=CCN(C(=O)OC(C)(C)C)CC2)c1)c1noc(C2CCCCC2)n1. The average molecular weight is 602 g/mol. The van der Waals surface area contributed by atoms with E-state index < -0.39 is 5.60 Å². The van der Waals surface area contributed by atoms with Gasteiger partial charge in [0.2, 0.25) is 11.7 Å². The van der Waals surface area contributed by atoms with E-state index in [1.165, 1.54) is 19.3 Å². The number of carbonyl (C=O) groups excluding carboxylic acids is 2. The van der Waals surface area contributed by atoms with Crippen molar-refractivity contribution in [2.75, 3.05) is 19.7 Å². The van der Waals surface area contributed by atoms with Crippen molar-refractivity contribution < 1.29 is 23.6 Å². The summed E-state index contributed by atoms with van der Waals surface area (Å²) in [5.74, 6) is 1.21. The normalized spacial score (nSPS) is 16.6. The van der Waals surface area contributed by atoms with Gasteiger partial charge in [-0.25, -0.2) is 9.59 Å². The number of unbranched alkanes of at least 4 members (excludes halogenated alkanes) is 1. The van der Waals surface area contributed by atoms with Gasteiger partial charge >= 0.3 is 12.1 Å². The first-order chi connectivity index (χ1) is 21.1. The van der Waals surface area contributed by atoms with E-state index in [2.05, 4.69) is 23.6 Å². The van der Waals surface area contributed by atoms with Crippen LogP contribution in [0.4, 0.5) is 4.79 Å². The Kier molecular flexibility index (Phi) is 11.4. The molecule has 236 valence electrons. The lowest BCUT2D eigenvalue weighted by atomic mass is 9.89. The predicted molar refractivity (Wildman–Crippen MR) is 174 cm³/mol. The van der Waals surface area contributed by atoms with Gasteiger partial charge < -0.3 is 18.9 Å². The Morgan fingerprint density at radius 1 is 1.16 bits per heavy atom. The van der Waals surface area contributed by atoms with Gasteiger partial charge in [0.25, 0.3) is 0 Å². The summed E-state index contributed by atoms with van der Waals surface area (Å²) in [4.78, 5) is 32.1. The maximum atomic E-state index is 13.2. The summed E-state index contributed by atoms with van der Waals surface area (Å²) in [6.45, 7) is 15.1. The summed E-state index contributed by atoms with van der Waals surface area (Å²) in [7, 11) is 0. The number of carbonyl (C=O) groups is 2. The summed E-state index contributed by atoms with van der Waals surface area (Å²) in [6.07, 6.45) is 15.8. The van der Waals surface area contributed by atoms with Crippen LogP contribution in [0.25, 0.3) is 16.7 Å². The molecule has 0 atom stereocenters. The number of esters is 1. The number of amides is 1. The van der Waals surface area contributed by atoms with Gasteiger partial charge in [0.05, 0.1) is 12.2 Å². The lowest BCUT2D eigenvalue weighted by Crippen LogP contribution is -2.39. The second-order valence-electron chi connectivity index (χ2n) is 12.5. The van der Waals surface area contributed by atoms with E-state index in [1.54, 1.807) is 4.90 Å². The quantitative estimate of drug-likeness (QED) is 0.153. The van der Waals surface area contributed by atoms with Gasteiger partial charge in [0.15, 0.2) is 0 Å². The fourth-order valence-corrected chi connectivity index (χ4v) is 5.47. The Hall–Kier alpha value is -3.94. The Morgan fingerprint density at radius 3 is 2.59 bits per heavy atom. The lowest BCUT2D eigenvalue weighted by molar-refractivity contribution is 0.0269. The van der Waals surface area contributed by atoms with Gasteiger partial charge in [-0.05, 0) is 87.8 Å². The molecule has 8 heteroatoms. The molecule has 0 unspecified atom stereocenters. The molecule has 0 bridgehead atoms. The third-order valence-corrected chi connectivity index (χ3v) is 7.97. The molecule has 1 aromatic heterocycles. The minimum absolute atomic E-state index is 0.337. The third-order valence-electron chi connectivity index (χ3n) is 7.97. The Morgan fingerprint density at radius 2 is 1.93 bits per heavy atom. The zero-order valence-corrected chi connectivity index (χ0v) is 27.0. The molecular formula is C36H47N3O5. The van der Waals surface area contributed by atoms with E-state index in [9.17, 15) is 9.59 Å². The van der Waals surface area contributed by atoms with Crippen molar-refractivity contribution >= 4 is 28.8 Å².